The predicted octanol–water partition coefficient (Wildman–Crippen LogP) is 0.625. The van der Waals surface area contributed by atoms with E-state index in [-0.39, 0.29) is 0 Å². The number of rotatable bonds is 3. The normalized spacial score (nSPS) is 20.7. The lowest BCUT2D eigenvalue weighted by Gasteiger charge is -2.22. The molecule has 0 radical (unpaired) electrons. The Hall–Kier alpha value is -1.14. The van der Waals surface area contributed by atoms with E-state index in [0.717, 1.165) is 19.5 Å². The predicted molar refractivity (Wildman–Crippen MR) is 71.7 cm³/mol. The quantitative estimate of drug-likeness (QED) is 0.805. The van der Waals surface area contributed by atoms with Gasteiger partial charge in [-0.05, 0) is 32.6 Å². The third kappa shape index (κ3) is 2.64. The van der Waals surface area contributed by atoms with Crippen molar-refractivity contribution in [3.05, 3.63) is 18.3 Å². The van der Waals surface area contributed by atoms with Crippen LogP contribution in [0.4, 0.5) is 5.82 Å². The van der Waals surface area contributed by atoms with E-state index in [9.17, 15) is 8.42 Å². The summed E-state index contributed by atoms with van der Waals surface area (Å²) in [5.74, 6) is 0.587. The molecule has 100 valence electrons. The Morgan fingerprint density at radius 2 is 2.17 bits per heavy atom. The fraction of sp³-hybridized carbons (Fsp3) is 0.583. The lowest BCUT2D eigenvalue weighted by Crippen LogP contribution is -2.32. The minimum Gasteiger partial charge on any atom is -0.354 e. The number of hydrogen-bond acceptors (Lipinski definition) is 5. The van der Waals surface area contributed by atoms with Crippen molar-refractivity contribution < 1.29 is 8.42 Å². The molecule has 1 atom stereocenters. The molecule has 1 aliphatic heterocycles. The molecule has 1 aromatic rings. The Morgan fingerprint density at radius 1 is 1.44 bits per heavy atom. The van der Waals surface area contributed by atoms with Crippen molar-refractivity contribution in [1.29, 1.82) is 0 Å². The fourth-order valence-corrected chi connectivity index (χ4v) is 3.10. The van der Waals surface area contributed by atoms with Crippen LogP contribution in [0.5, 0.6) is 0 Å². The van der Waals surface area contributed by atoms with E-state index < -0.39 is 9.84 Å². The van der Waals surface area contributed by atoms with Crippen LogP contribution in [0, 0.1) is 0 Å². The van der Waals surface area contributed by atoms with Gasteiger partial charge in [-0.3, -0.25) is 0 Å². The molecular formula is C12H19N3O2S. The zero-order valence-electron chi connectivity index (χ0n) is 11.0. The first-order chi connectivity index (χ1) is 8.39. The van der Waals surface area contributed by atoms with Crippen LogP contribution in [0.1, 0.15) is 6.42 Å². The SMILES string of the molecule is CN(C)C1CCN(c2ncccc2S(C)(=O)=O)C1. The van der Waals surface area contributed by atoms with Gasteiger partial charge in [-0.15, -0.1) is 0 Å². The summed E-state index contributed by atoms with van der Waals surface area (Å²) in [6.45, 7) is 1.68. The van der Waals surface area contributed by atoms with Gasteiger partial charge in [0.05, 0.1) is 0 Å². The minimum atomic E-state index is -3.23. The highest BCUT2D eigenvalue weighted by atomic mass is 32.2. The van der Waals surface area contributed by atoms with Crippen molar-refractivity contribution in [1.82, 2.24) is 9.88 Å². The molecule has 0 aromatic carbocycles. The van der Waals surface area contributed by atoms with Crippen LogP contribution >= 0.6 is 0 Å². The third-order valence-corrected chi connectivity index (χ3v) is 4.46. The summed E-state index contributed by atoms with van der Waals surface area (Å²) in [6.07, 6.45) is 3.91. The van der Waals surface area contributed by atoms with Crippen molar-refractivity contribution in [3.63, 3.8) is 0 Å². The molecule has 2 rings (SSSR count). The van der Waals surface area contributed by atoms with Crippen LogP contribution in [0.25, 0.3) is 0 Å². The second kappa shape index (κ2) is 4.85. The van der Waals surface area contributed by atoms with Gasteiger partial charge in [0.2, 0.25) is 0 Å². The van der Waals surface area contributed by atoms with E-state index in [1.165, 1.54) is 6.26 Å². The number of likely N-dealkylation sites (N-methyl/N-ethyl adjacent to an activating group) is 1. The summed E-state index contributed by atoms with van der Waals surface area (Å²) >= 11 is 0. The van der Waals surface area contributed by atoms with Gasteiger partial charge in [0.1, 0.15) is 10.7 Å². The summed E-state index contributed by atoms with van der Waals surface area (Å²) in [4.78, 5) is 8.80. The molecule has 2 heterocycles. The first-order valence-corrected chi connectivity index (χ1v) is 7.85. The Kier molecular flexibility index (Phi) is 3.59. The van der Waals surface area contributed by atoms with Crippen molar-refractivity contribution >= 4 is 15.7 Å². The maximum atomic E-state index is 11.7. The van der Waals surface area contributed by atoms with E-state index in [0.29, 0.717) is 16.8 Å². The Bertz CT molecular complexity index is 528. The lowest BCUT2D eigenvalue weighted by atomic mass is 10.2. The van der Waals surface area contributed by atoms with Gasteiger partial charge in [0.15, 0.2) is 9.84 Å². The molecule has 18 heavy (non-hydrogen) atoms. The Morgan fingerprint density at radius 3 is 2.72 bits per heavy atom. The van der Waals surface area contributed by atoms with E-state index in [2.05, 4.69) is 14.8 Å². The topological polar surface area (TPSA) is 53.5 Å². The first kappa shape index (κ1) is 13.3. The van der Waals surface area contributed by atoms with E-state index in [4.69, 9.17) is 0 Å². The molecular weight excluding hydrogens is 250 g/mol. The van der Waals surface area contributed by atoms with E-state index >= 15 is 0 Å². The summed E-state index contributed by atoms with van der Waals surface area (Å²) in [5.41, 5.74) is 0. The van der Waals surface area contributed by atoms with E-state index in [1.807, 2.05) is 14.1 Å². The molecule has 5 nitrogen and oxygen atoms in total. The molecule has 1 aromatic heterocycles. The second-order valence-electron chi connectivity index (χ2n) is 4.95. The third-order valence-electron chi connectivity index (χ3n) is 3.34. The van der Waals surface area contributed by atoms with Crippen LogP contribution in [0.15, 0.2) is 23.2 Å². The van der Waals surface area contributed by atoms with Crippen LogP contribution in [0.3, 0.4) is 0 Å². The van der Waals surface area contributed by atoms with Gasteiger partial charge in [-0.1, -0.05) is 0 Å². The molecule has 0 N–H and O–H groups in total. The van der Waals surface area contributed by atoms with Gasteiger partial charge >= 0.3 is 0 Å². The highest BCUT2D eigenvalue weighted by Crippen LogP contribution is 2.26. The van der Waals surface area contributed by atoms with Crippen molar-refractivity contribution in [2.45, 2.75) is 17.4 Å². The summed E-state index contributed by atoms with van der Waals surface area (Å²) in [6, 6.07) is 3.75. The van der Waals surface area contributed by atoms with Crippen molar-refractivity contribution in [2.75, 3.05) is 38.3 Å². The number of aromatic nitrogens is 1. The van der Waals surface area contributed by atoms with Crippen LogP contribution in [-0.2, 0) is 9.84 Å². The largest absolute Gasteiger partial charge is 0.354 e. The Labute approximate surface area is 108 Å². The monoisotopic (exact) mass is 269 g/mol. The number of nitrogens with zero attached hydrogens (tertiary/aromatic N) is 3. The van der Waals surface area contributed by atoms with Gasteiger partial charge in [-0.2, -0.15) is 0 Å². The van der Waals surface area contributed by atoms with Crippen LogP contribution in [-0.4, -0.2) is 57.8 Å². The van der Waals surface area contributed by atoms with Gasteiger partial charge < -0.3 is 9.80 Å². The number of hydrogen-bond donors (Lipinski definition) is 0. The lowest BCUT2D eigenvalue weighted by molar-refractivity contribution is 0.315. The molecule has 1 fully saturated rings. The summed E-state index contributed by atoms with van der Waals surface area (Å²) in [5, 5.41) is 0. The number of anilines is 1. The molecule has 0 spiro atoms. The molecule has 6 heteroatoms. The standard InChI is InChI=1S/C12H19N3O2S/c1-14(2)10-6-8-15(9-10)12-11(18(3,16)17)5-4-7-13-12/h4-5,7,10H,6,8-9H2,1-3H3. The summed E-state index contributed by atoms with van der Waals surface area (Å²) < 4.78 is 23.5. The zero-order valence-corrected chi connectivity index (χ0v) is 11.8. The molecule has 1 aliphatic rings. The zero-order chi connectivity index (χ0) is 13.3. The highest BCUT2D eigenvalue weighted by molar-refractivity contribution is 7.90. The second-order valence-corrected chi connectivity index (χ2v) is 6.93. The van der Waals surface area contributed by atoms with Crippen molar-refractivity contribution in [2.24, 2.45) is 0 Å². The molecule has 1 saturated heterocycles. The molecule has 0 saturated carbocycles. The van der Waals surface area contributed by atoms with Crippen LogP contribution in [0.2, 0.25) is 0 Å². The van der Waals surface area contributed by atoms with Gasteiger partial charge in [0, 0.05) is 31.6 Å². The maximum Gasteiger partial charge on any atom is 0.179 e. The number of sulfone groups is 1. The molecule has 0 bridgehead atoms. The molecule has 0 aliphatic carbocycles. The van der Waals surface area contributed by atoms with Crippen LogP contribution < -0.4 is 4.90 Å². The summed E-state index contributed by atoms with van der Waals surface area (Å²) in [7, 11) is 0.865. The first-order valence-electron chi connectivity index (χ1n) is 5.96. The average molecular weight is 269 g/mol. The fourth-order valence-electron chi connectivity index (χ4n) is 2.26. The average Bonchev–Trinajstić information content (AvgIpc) is 2.77. The number of pyridine rings is 1. The highest BCUT2D eigenvalue weighted by Gasteiger charge is 2.28. The smallest absolute Gasteiger partial charge is 0.179 e. The maximum absolute atomic E-state index is 11.7. The minimum absolute atomic E-state index is 0.324. The van der Waals surface area contributed by atoms with Gasteiger partial charge in [0.25, 0.3) is 0 Å². The van der Waals surface area contributed by atoms with E-state index in [1.54, 1.807) is 18.3 Å². The Balaban J connectivity index is 2.31. The van der Waals surface area contributed by atoms with Gasteiger partial charge in [-0.25, -0.2) is 13.4 Å². The molecule has 0 amide bonds. The molecule has 1 unspecified atom stereocenters. The van der Waals surface area contributed by atoms with Crippen molar-refractivity contribution in [3.8, 4) is 0 Å².